The second-order valence-corrected chi connectivity index (χ2v) is 6.64. The summed E-state index contributed by atoms with van der Waals surface area (Å²) in [5, 5.41) is 2.80. The fourth-order valence-electron chi connectivity index (χ4n) is 2.84. The van der Waals surface area contributed by atoms with Gasteiger partial charge in [-0.3, -0.25) is 4.79 Å². The second kappa shape index (κ2) is 9.55. The highest BCUT2D eigenvalue weighted by Crippen LogP contribution is 2.27. The van der Waals surface area contributed by atoms with E-state index in [-0.39, 0.29) is 6.61 Å². The number of benzene rings is 3. The van der Waals surface area contributed by atoms with Crippen LogP contribution in [0.2, 0.25) is 0 Å². The third-order valence-electron chi connectivity index (χ3n) is 4.27. The van der Waals surface area contributed by atoms with Crippen LogP contribution in [0.25, 0.3) is 11.1 Å². The molecule has 0 saturated heterocycles. The molecule has 5 heteroatoms. The number of rotatable bonds is 7. The Bertz CT molecular complexity index is 985. The van der Waals surface area contributed by atoms with Gasteiger partial charge in [-0.25, -0.2) is 4.79 Å². The highest BCUT2D eigenvalue weighted by Gasteiger charge is 2.18. The minimum absolute atomic E-state index is 0.385. The molecule has 3 aromatic rings. The summed E-state index contributed by atoms with van der Waals surface area (Å²) in [6, 6.07) is 24.6. The van der Waals surface area contributed by atoms with Gasteiger partial charge in [0.2, 0.25) is 0 Å². The van der Waals surface area contributed by atoms with E-state index in [9.17, 15) is 9.59 Å². The number of carbonyl (C=O) groups is 2. The van der Waals surface area contributed by atoms with Gasteiger partial charge in [0.15, 0.2) is 12.7 Å². The molecular formula is C24H23NO4. The zero-order chi connectivity index (χ0) is 20.6. The minimum atomic E-state index is -0.818. The van der Waals surface area contributed by atoms with E-state index in [0.717, 1.165) is 16.7 Å². The molecule has 0 saturated carbocycles. The van der Waals surface area contributed by atoms with E-state index in [4.69, 9.17) is 9.47 Å². The molecule has 0 aliphatic heterocycles. The van der Waals surface area contributed by atoms with Crippen molar-refractivity contribution < 1.29 is 19.1 Å². The Morgan fingerprint density at radius 1 is 0.931 bits per heavy atom. The van der Waals surface area contributed by atoms with Gasteiger partial charge in [-0.05, 0) is 43.2 Å². The van der Waals surface area contributed by atoms with Crippen molar-refractivity contribution in [2.75, 3.05) is 11.9 Å². The van der Waals surface area contributed by atoms with Gasteiger partial charge in [0.25, 0.3) is 5.91 Å². The van der Waals surface area contributed by atoms with Crippen molar-refractivity contribution in [3.05, 3.63) is 84.4 Å². The lowest BCUT2D eigenvalue weighted by Gasteiger charge is -2.15. The molecule has 5 nitrogen and oxygen atoms in total. The van der Waals surface area contributed by atoms with Gasteiger partial charge in [0, 0.05) is 11.3 Å². The fourth-order valence-corrected chi connectivity index (χ4v) is 2.84. The van der Waals surface area contributed by atoms with Crippen LogP contribution in [0.1, 0.15) is 12.5 Å². The van der Waals surface area contributed by atoms with Crippen LogP contribution in [-0.2, 0) is 14.3 Å². The Morgan fingerprint density at radius 3 is 2.41 bits per heavy atom. The monoisotopic (exact) mass is 389 g/mol. The molecular weight excluding hydrogens is 366 g/mol. The first kappa shape index (κ1) is 20.1. The maximum absolute atomic E-state index is 12.3. The van der Waals surface area contributed by atoms with Crippen molar-refractivity contribution in [2.45, 2.75) is 20.0 Å². The highest BCUT2D eigenvalue weighted by molar-refractivity contribution is 5.97. The Hall–Kier alpha value is -3.60. The molecule has 0 fully saturated rings. The zero-order valence-electron chi connectivity index (χ0n) is 16.4. The minimum Gasteiger partial charge on any atom is -0.479 e. The molecule has 29 heavy (non-hydrogen) atoms. The smallest absolute Gasteiger partial charge is 0.347 e. The Morgan fingerprint density at radius 2 is 1.66 bits per heavy atom. The van der Waals surface area contributed by atoms with Crippen LogP contribution in [0.3, 0.4) is 0 Å². The molecule has 1 atom stereocenters. The van der Waals surface area contributed by atoms with Crippen LogP contribution < -0.4 is 10.1 Å². The largest absolute Gasteiger partial charge is 0.479 e. The predicted octanol–water partition coefficient (Wildman–Crippen LogP) is 4.61. The number of carbonyl (C=O) groups excluding carboxylic acids is 2. The number of hydrogen-bond acceptors (Lipinski definition) is 4. The fraction of sp³-hybridized carbons (Fsp3) is 0.167. The standard InChI is InChI=1S/C24H23NO4/c1-17-9-8-12-20(15-17)29-18(2)24(27)28-16-23(26)25-22-14-7-6-13-21(22)19-10-4-3-5-11-19/h3-15,18H,16H2,1-2H3,(H,25,26)/t18-/m1/s1. The third kappa shape index (κ3) is 5.69. The molecule has 3 rings (SSSR count). The Kier molecular flexibility index (Phi) is 6.63. The molecule has 0 aliphatic carbocycles. The third-order valence-corrected chi connectivity index (χ3v) is 4.27. The normalized spacial score (nSPS) is 11.4. The van der Waals surface area contributed by atoms with Crippen LogP contribution in [0.15, 0.2) is 78.9 Å². The summed E-state index contributed by atoms with van der Waals surface area (Å²) in [5.41, 5.74) is 3.56. The van der Waals surface area contributed by atoms with Gasteiger partial charge in [-0.1, -0.05) is 60.7 Å². The van der Waals surface area contributed by atoms with Crippen LogP contribution in [0, 0.1) is 6.92 Å². The van der Waals surface area contributed by atoms with E-state index in [1.54, 1.807) is 13.0 Å². The highest BCUT2D eigenvalue weighted by atomic mass is 16.6. The van der Waals surface area contributed by atoms with E-state index in [0.29, 0.717) is 11.4 Å². The maximum Gasteiger partial charge on any atom is 0.347 e. The summed E-state index contributed by atoms with van der Waals surface area (Å²) >= 11 is 0. The number of amides is 1. The number of anilines is 1. The van der Waals surface area contributed by atoms with Gasteiger partial charge < -0.3 is 14.8 Å². The second-order valence-electron chi connectivity index (χ2n) is 6.64. The first-order chi connectivity index (χ1) is 14.0. The molecule has 1 N–H and O–H groups in total. The first-order valence-electron chi connectivity index (χ1n) is 9.37. The van der Waals surface area contributed by atoms with Crippen LogP contribution >= 0.6 is 0 Å². The SMILES string of the molecule is Cc1cccc(O[C@H](C)C(=O)OCC(=O)Nc2ccccc2-c2ccccc2)c1. The van der Waals surface area contributed by atoms with E-state index in [2.05, 4.69) is 5.32 Å². The average Bonchev–Trinajstić information content (AvgIpc) is 2.73. The van der Waals surface area contributed by atoms with Crippen LogP contribution in [0.5, 0.6) is 5.75 Å². The number of aryl methyl sites for hydroxylation is 1. The number of para-hydroxylation sites is 1. The number of nitrogens with one attached hydrogen (secondary N) is 1. The van der Waals surface area contributed by atoms with Crippen molar-refractivity contribution in [1.82, 2.24) is 0 Å². The summed E-state index contributed by atoms with van der Waals surface area (Å²) in [4.78, 5) is 24.4. The quantitative estimate of drug-likeness (QED) is 0.599. The van der Waals surface area contributed by atoms with Crippen molar-refractivity contribution in [3.8, 4) is 16.9 Å². The number of hydrogen-bond donors (Lipinski definition) is 1. The van der Waals surface area contributed by atoms with Gasteiger partial charge in [-0.15, -0.1) is 0 Å². The van der Waals surface area contributed by atoms with Gasteiger partial charge in [-0.2, -0.15) is 0 Å². The van der Waals surface area contributed by atoms with Crippen molar-refractivity contribution in [3.63, 3.8) is 0 Å². The molecule has 0 bridgehead atoms. The van der Waals surface area contributed by atoms with E-state index in [1.807, 2.05) is 79.7 Å². The van der Waals surface area contributed by atoms with Gasteiger partial charge in [0.1, 0.15) is 5.75 Å². The predicted molar refractivity (Wildman–Crippen MR) is 113 cm³/mol. The Labute approximate surface area is 170 Å². The lowest BCUT2D eigenvalue weighted by atomic mass is 10.0. The lowest BCUT2D eigenvalue weighted by molar-refractivity contribution is -0.153. The molecule has 0 aromatic heterocycles. The van der Waals surface area contributed by atoms with Crippen molar-refractivity contribution in [1.29, 1.82) is 0 Å². The summed E-state index contributed by atoms with van der Waals surface area (Å²) in [6.07, 6.45) is -0.818. The van der Waals surface area contributed by atoms with E-state index < -0.39 is 18.0 Å². The molecule has 0 spiro atoms. The van der Waals surface area contributed by atoms with Gasteiger partial charge >= 0.3 is 5.97 Å². The molecule has 0 radical (unpaired) electrons. The van der Waals surface area contributed by atoms with Crippen LogP contribution in [0.4, 0.5) is 5.69 Å². The van der Waals surface area contributed by atoms with Gasteiger partial charge in [0.05, 0.1) is 0 Å². The summed E-state index contributed by atoms with van der Waals surface area (Å²) in [5.74, 6) is -0.432. The summed E-state index contributed by atoms with van der Waals surface area (Å²) in [6.45, 7) is 3.14. The average molecular weight is 389 g/mol. The topological polar surface area (TPSA) is 64.6 Å². The number of ether oxygens (including phenoxy) is 2. The molecule has 0 unspecified atom stereocenters. The molecule has 0 aliphatic rings. The van der Waals surface area contributed by atoms with Crippen LogP contribution in [-0.4, -0.2) is 24.6 Å². The number of esters is 1. The van der Waals surface area contributed by atoms with E-state index in [1.165, 1.54) is 0 Å². The van der Waals surface area contributed by atoms with E-state index >= 15 is 0 Å². The zero-order valence-corrected chi connectivity index (χ0v) is 16.4. The molecule has 0 heterocycles. The molecule has 1 amide bonds. The molecule has 148 valence electrons. The van der Waals surface area contributed by atoms with Crippen molar-refractivity contribution in [2.24, 2.45) is 0 Å². The molecule has 3 aromatic carbocycles. The Balaban J connectivity index is 1.56. The summed E-state index contributed by atoms with van der Waals surface area (Å²) < 4.78 is 10.7. The van der Waals surface area contributed by atoms with Crippen molar-refractivity contribution >= 4 is 17.6 Å². The lowest BCUT2D eigenvalue weighted by Crippen LogP contribution is -2.29. The summed E-state index contributed by atoms with van der Waals surface area (Å²) in [7, 11) is 0. The maximum atomic E-state index is 12.3. The first-order valence-corrected chi connectivity index (χ1v) is 9.37.